The summed E-state index contributed by atoms with van der Waals surface area (Å²) in [5.41, 5.74) is 1.19. The van der Waals surface area contributed by atoms with Crippen LogP contribution >= 0.6 is 15.9 Å². The van der Waals surface area contributed by atoms with E-state index in [1.165, 1.54) is 5.56 Å². The van der Waals surface area contributed by atoms with E-state index in [1.54, 1.807) is 0 Å². The highest BCUT2D eigenvalue weighted by molar-refractivity contribution is 9.10. The molecule has 0 amide bonds. The fourth-order valence-corrected chi connectivity index (χ4v) is 2.31. The van der Waals surface area contributed by atoms with E-state index >= 15 is 0 Å². The molecule has 0 aromatic carbocycles. The van der Waals surface area contributed by atoms with E-state index in [0.717, 1.165) is 42.8 Å². The van der Waals surface area contributed by atoms with Crippen molar-refractivity contribution in [1.29, 1.82) is 0 Å². The zero-order valence-corrected chi connectivity index (χ0v) is 13.3. The summed E-state index contributed by atoms with van der Waals surface area (Å²) < 4.78 is 1.00. The Morgan fingerprint density at radius 3 is 2.84 bits per heavy atom. The number of hydrogen-bond acceptors (Lipinski definition) is 3. The highest BCUT2D eigenvalue weighted by atomic mass is 79.9. The van der Waals surface area contributed by atoms with Gasteiger partial charge >= 0.3 is 0 Å². The van der Waals surface area contributed by atoms with Crippen molar-refractivity contribution in [1.82, 2.24) is 10.3 Å². The molecule has 3 nitrogen and oxygen atoms in total. The van der Waals surface area contributed by atoms with Crippen LogP contribution in [0.3, 0.4) is 0 Å². The molecule has 1 aromatic heterocycles. The largest absolute Gasteiger partial charge is 0.345 e. The van der Waals surface area contributed by atoms with Gasteiger partial charge < -0.3 is 10.2 Å². The van der Waals surface area contributed by atoms with Gasteiger partial charge in [-0.15, -0.1) is 6.42 Å². The van der Waals surface area contributed by atoms with Crippen LogP contribution in [0.25, 0.3) is 0 Å². The summed E-state index contributed by atoms with van der Waals surface area (Å²) in [5.74, 6) is 3.71. The summed E-state index contributed by atoms with van der Waals surface area (Å²) in [7, 11) is 0. The fraction of sp³-hybridized carbons (Fsp3) is 0.533. The minimum absolute atomic E-state index is 0.600. The predicted octanol–water partition coefficient (Wildman–Crippen LogP) is 3.19. The van der Waals surface area contributed by atoms with E-state index in [4.69, 9.17) is 6.42 Å². The Morgan fingerprint density at radius 1 is 1.42 bits per heavy atom. The molecule has 0 aliphatic rings. The van der Waals surface area contributed by atoms with Crippen LogP contribution in [-0.2, 0) is 6.54 Å². The molecule has 0 aliphatic heterocycles. The van der Waals surface area contributed by atoms with Gasteiger partial charge in [0, 0.05) is 29.3 Å². The molecule has 0 unspecified atom stereocenters. The number of rotatable bonds is 8. The Kier molecular flexibility index (Phi) is 7.54. The fourth-order valence-electron chi connectivity index (χ4n) is 1.93. The zero-order valence-electron chi connectivity index (χ0n) is 11.7. The number of nitrogens with zero attached hydrogens (tertiary/aromatic N) is 2. The summed E-state index contributed by atoms with van der Waals surface area (Å²) >= 11 is 3.48. The predicted molar refractivity (Wildman–Crippen MR) is 85.3 cm³/mol. The average Bonchev–Trinajstić information content (AvgIpc) is 2.39. The average molecular weight is 324 g/mol. The van der Waals surface area contributed by atoms with Crippen LogP contribution in [0.1, 0.15) is 32.3 Å². The van der Waals surface area contributed by atoms with Gasteiger partial charge in [0.1, 0.15) is 5.82 Å². The third-order valence-corrected chi connectivity index (χ3v) is 3.16. The van der Waals surface area contributed by atoms with Gasteiger partial charge in [-0.05, 0) is 41.4 Å². The smallest absolute Gasteiger partial charge is 0.133 e. The minimum atomic E-state index is 0.600. The van der Waals surface area contributed by atoms with E-state index < -0.39 is 0 Å². The first kappa shape index (κ1) is 16.0. The van der Waals surface area contributed by atoms with Crippen LogP contribution < -0.4 is 10.2 Å². The van der Waals surface area contributed by atoms with Gasteiger partial charge in [0.25, 0.3) is 0 Å². The SMILES string of the molecule is C#CCN(CCC)c1ncc(Br)cc1CNCCC. The van der Waals surface area contributed by atoms with Crippen molar-refractivity contribution < 1.29 is 0 Å². The summed E-state index contributed by atoms with van der Waals surface area (Å²) in [4.78, 5) is 6.70. The molecule has 0 radical (unpaired) electrons. The second-order valence-corrected chi connectivity index (χ2v) is 5.35. The van der Waals surface area contributed by atoms with Crippen LogP contribution in [0.15, 0.2) is 16.7 Å². The van der Waals surface area contributed by atoms with Gasteiger partial charge in [-0.3, -0.25) is 0 Å². The molecular weight excluding hydrogens is 302 g/mol. The first-order valence-electron chi connectivity index (χ1n) is 6.76. The molecule has 0 saturated heterocycles. The number of anilines is 1. The Bertz CT molecular complexity index is 426. The minimum Gasteiger partial charge on any atom is -0.345 e. The van der Waals surface area contributed by atoms with Gasteiger partial charge in [-0.2, -0.15) is 0 Å². The second kappa shape index (κ2) is 8.95. The van der Waals surface area contributed by atoms with Crippen LogP contribution in [0.2, 0.25) is 0 Å². The van der Waals surface area contributed by atoms with Gasteiger partial charge in [-0.25, -0.2) is 4.98 Å². The van der Waals surface area contributed by atoms with E-state index in [1.807, 2.05) is 6.20 Å². The first-order chi connectivity index (χ1) is 9.22. The van der Waals surface area contributed by atoms with E-state index in [-0.39, 0.29) is 0 Å². The lowest BCUT2D eigenvalue weighted by Gasteiger charge is -2.23. The molecule has 0 saturated carbocycles. The van der Waals surface area contributed by atoms with Gasteiger partial charge in [0.05, 0.1) is 6.54 Å². The van der Waals surface area contributed by atoms with Crippen molar-refractivity contribution >= 4 is 21.7 Å². The lowest BCUT2D eigenvalue weighted by molar-refractivity contribution is 0.669. The number of terminal acetylenes is 1. The first-order valence-corrected chi connectivity index (χ1v) is 7.55. The number of halogens is 1. The van der Waals surface area contributed by atoms with Gasteiger partial charge in [0.15, 0.2) is 0 Å². The zero-order chi connectivity index (χ0) is 14.1. The monoisotopic (exact) mass is 323 g/mol. The lowest BCUT2D eigenvalue weighted by Crippen LogP contribution is -2.27. The van der Waals surface area contributed by atoms with Crippen molar-refractivity contribution in [2.75, 3.05) is 24.5 Å². The highest BCUT2D eigenvalue weighted by Crippen LogP contribution is 2.21. The van der Waals surface area contributed by atoms with Crippen molar-refractivity contribution in [3.05, 3.63) is 22.3 Å². The Labute approximate surface area is 124 Å². The topological polar surface area (TPSA) is 28.2 Å². The number of aromatic nitrogens is 1. The standard InChI is InChI=1S/C15H22BrN3/c1-4-7-17-11-13-10-14(16)12-18-15(13)19(8-5-2)9-6-3/h2,10,12,17H,4,6-9,11H2,1,3H3. The quantitative estimate of drug-likeness (QED) is 0.588. The molecule has 0 fully saturated rings. The third kappa shape index (κ3) is 5.22. The lowest BCUT2D eigenvalue weighted by atomic mass is 10.2. The molecule has 0 bridgehead atoms. The second-order valence-electron chi connectivity index (χ2n) is 4.44. The van der Waals surface area contributed by atoms with Crippen molar-refractivity contribution in [2.24, 2.45) is 0 Å². The molecule has 1 N–H and O–H groups in total. The van der Waals surface area contributed by atoms with E-state index in [2.05, 4.69) is 57.0 Å². The summed E-state index contributed by atoms with van der Waals surface area (Å²) in [6, 6.07) is 2.12. The van der Waals surface area contributed by atoms with Crippen LogP contribution in [0.4, 0.5) is 5.82 Å². The molecule has 0 spiro atoms. The third-order valence-electron chi connectivity index (χ3n) is 2.73. The Hall–Kier alpha value is -1.05. The molecule has 0 aliphatic carbocycles. The molecule has 1 rings (SSSR count). The molecule has 1 heterocycles. The molecule has 19 heavy (non-hydrogen) atoms. The van der Waals surface area contributed by atoms with Crippen molar-refractivity contribution in [3.63, 3.8) is 0 Å². The van der Waals surface area contributed by atoms with Crippen LogP contribution in [0, 0.1) is 12.3 Å². The molecule has 0 atom stereocenters. The van der Waals surface area contributed by atoms with Crippen molar-refractivity contribution in [2.45, 2.75) is 33.2 Å². The van der Waals surface area contributed by atoms with Crippen molar-refractivity contribution in [3.8, 4) is 12.3 Å². The number of hydrogen-bond donors (Lipinski definition) is 1. The number of nitrogens with one attached hydrogen (secondary N) is 1. The summed E-state index contributed by atoms with van der Waals surface area (Å²) in [5, 5.41) is 3.42. The maximum Gasteiger partial charge on any atom is 0.133 e. The van der Waals surface area contributed by atoms with E-state index in [0.29, 0.717) is 6.54 Å². The van der Waals surface area contributed by atoms with Crippen LogP contribution in [0.5, 0.6) is 0 Å². The van der Waals surface area contributed by atoms with Gasteiger partial charge in [0.2, 0.25) is 0 Å². The Morgan fingerprint density at radius 2 is 2.21 bits per heavy atom. The molecule has 4 heteroatoms. The maximum absolute atomic E-state index is 5.45. The molecule has 1 aromatic rings. The maximum atomic E-state index is 5.45. The molecular formula is C15H22BrN3. The van der Waals surface area contributed by atoms with Gasteiger partial charge in [-0.1, -0.05) is 19.8 Å². The van der Waals surface area contributed by atoms with E-state index in [9.17, 15) is 0 Å². The molecule has 104 valence electrons. The normalized spacial score (nSPS) is 10.2. The summed E-state index contributed by atoms with van der Waals surface area (Å²) in [6.07, 6.45) is 9.47. The number of pyridine rings is 1. The Balaban J connectivity index is 2.92. The highest BCUT2D eigenvalue weighted by Gasteiger charge is 2.11. The summed E-state index contributed by atoms with van der Waals surface area (Å²) in [6.45, 7) is 7.67. The van der Waals surface area contributed by atoms with Crippen LogP contribution in [-0.4, -0.2) is 24.6 Å².